The van der Waals surface area contributed by atoms with Crippen molar-refractivity contribution in [3.05, 3.63) is 0 Å². The van der Waals surface area contributed by atoms with Crippen molar-refractivity contribution in [3.8, 4) is 0 Å². The number of nitrogens with two attached hydrogens (primary N) is 1. The first-order valence-electron chi connectivity index (χ1n) is 5.34. The third-order valence-electron chi connectivity index (χ3n) is 3.32. The van der Waals surface area contributed by atoms with Gasteiger partial charge in [0.15, 0.2) is 0 Å². The van der Waals surface area contributed by atoms with Crippen LogP contribution in [0.4, 0.5) is 4.79 Å². The molecular weight excluding hydrogens is 192 g/mol. The number of amides is 2. The number of aliphatic imine (C=N–C) groups is 1. The zero-order valence-corrected chi connectivity index (χ0v) is 9.53. The lowest BCUT2D eigenvalue weighted by Crippen LogP contribution is -2.58. The van der Waals surface area contributed by atoms with E-state index in [2.05, 4.69) is 9.89 Å². The number of carbonyl (C=O) groups excluding carboxylic acids is 1. The van der Waals surface area contributed by atoms with Crippen molar-refractivity contribution >= 4 is 11.9 Å². The van der Waals surface area contributed by atoms with Crippen LogP contribution >= 0.6 is 0 Å². The number of urea groups is 1. The highest BCUT2D eigenvalue weighted by Gasteiger charge is 2.52. The Balaban J connectivity index is 2.36. The minimum Gasteiger partial charge on any atom is -0.385 e. The molecule has 0 radical (unpaired) electrons. The summed E-state index contributed by atoms with van der Waals surface area (Å²) in [4.78, 5) is 19.7. The van der Waals surface area contributed by atoms with Crippen molar-refractivity contribution in [2.45, 2.75) is 31.8 Å². The predicted molar refractivity (Wildman–Crippen MR) is 58.8 cm³/mol. The van der Waals surface area contributed by atoms with Crippen molar-refractivity contribution in [1.82, 2.24) is 9.80 Å². The van der Waals surface area contributed by atoms with Crippen LogP contribution in [0, 0.1) is 0 Å². The molecule has 0 bridgehead atoms. The molecule has 5 heteroatoms. The molecule has 15 heavy (non-hydrogen) atoms. The molecule has 0 aromatic rings. The molecule has 0 saturated carbocycles. The van der Waals surface area contributed by atoms with Crippen LogP contribution < -0.4 is 5.73 Å². The quantitative estimate of drug-likeness (QED) is 0.675. The molecule has 1 fully saturated rings. The Bertz CT molecular complexity index is 325. The molecule has 2 aliphatic rings. The first-order chi connectivity index (χ1) is 6.97. The van der Waals surface area contributed by atoms with Gasteiger partial charge in [0.1, 0.15) is 11.4 Å². The van der Waals surface area contributed by atoms with E-state index in [1.54, 1.807) is 0 Å². The SMILES string of the molecule is CC(C)N1C(=O)N=C(N)C12CCN(C)C2. The average Bonchev–Trinajstić information content (AvgIpc) is 2.57. The summed E-state index contributed by atoms with van der Waals surface area (Å²) in [6, 6.07) is -0.0356. The second-order valence-corrected chi connectivity index (χ2v) is 4.76. The lowest BCUT2D eigenvalue weighted by atomic mass is 9.95. The Labute approximate surface area is 89.9 Å². The van der Waals surface area contributed by atoms with Gasteiger partial charge in [-0.15, -0.1) is 0 Å². The first-order valence-corrected chi connectivity index (χ1v) is 5.34. The Morgan fingerprint density at radius 2 is 2.20 bits per heavy atom. The van der Waals surface area contributed by atoms with Gasteiger partial charge in [-0.05, 0) is 27.3 Å². The average molecular weight is 210 g/mol. The molecule has 0 aromatic carbocycles. The van der Waals surface area contributed by atoms with E-state index in [1.807, 2.05) is 25.8 Å². The second kappa shape index (κ2) is 3.20. The molecule has 1 atom stereocenters. The molecule has 1 unspecified atom stereocenters. The van der Waals surface area contributed by atoms with Crippen LogP contribution in [0.25, 0.3) is 0 Å². The molecule has 2 rings (SSSR count). The van der Waals surface area contributed by atoms with Crippen LogP contribution in [-0.4, -0.2) is 53.4 Å². The zero-order chi connectivity index (χ0) is 11.2. The van der Waals surface area contributed by atoms with Crippen molar-refractivity contribution in [1.29, 1.82) is 0 Å². The van der Waals surface area contributed by atoms with Crippen LogP contribution in [-0.2, 0) is 0 Å². The zero-order valence-electron chi connectivity index (χ0n) is 9.53. The Morgan fingerprint density at radius 1 is 1.53 bits per heavy atom. The summed E-state index contributed by atoms with van der Waals surface area (Å²) in [6.45, 7) is 5.77. The maximum absolute atomic E-state index is 11.7. The van der Waals surface area contributed by atoms with Crippen LogP contribution in [0.5, 0.6) is 0 Å². The van der Waals surface area contributed by atoms with E-state index in [1.165, 1.54) is 0 Å². The smallest absolute Gasteiger partial charge is 0.346 e. The topological polar surface area (TPSA) is 61.9 Å². The molecule has 5 nitrogen and oxygen atoms in total. The summed E-state index contributed by atoms with van der Waals surface area (Å²) in [5.41, 5.74) is 5.58. The fraction of sp³-hybridized carbons (Fsp3) is 0.800. The van der Waals surface area contributed by atoms with Gasteiger partial charge >= 0.3 is 6.03 Å². The Morgan fingerprint density at radius 3 is 2.67 bits per heavy atom. The van der Waals surface area contributed by atoms with E-state index < -0.39 is 0 Å². The fourth-order valence-electron chi connectivity index (χ4n) is 2.67. The predicted octanol–water partition coefficient (Wildman–Crippen LogP) is 0.262. The lowest BCUT2D eigenvalue weighted by molar-refractivity contribution is 0.150. The largest absolute Gasteiger partial charge is 0.385 e. The highest BCUT2D eigenvalue weighted by Crippen LogP contribution is 2.33. The standard InChI is InChI=1S/C10H18N4O/c1-7(2)14-9(15)12-8(11)10(14)4-5-13(3)6-10/h7H,4-6H2,1-3H3,(H2,11,12,15). The summed E-state index contributed by atoms with van der Waals surface area (Å²) in [5.74, 6) is 0.491. The lowest BCUT2D eigenvalue weighted by Gasteiger charge is -2.37. The molecule has 2 amide bonds. The van der Waals surface area contributed by atoms with E-state index in [4.69, 9.17) is 5.73 Å². The second-order valence-electron chi connectivity index (χ2n) is 4.76. The van der Waals surface area contributed by atoms with Gasteiger partial charge in [-0.25, -0.2) is 4.79 Å². The Hall–Kier alpha value is -1.10. The number of carbonyl (C=O) groups is 1. The van der Waals surface area contributed by atoms with Gasteiger partial charge in [-0.3, -0.25) is 0 Å². The fourth-order valence-corrected chi connectivity index (χ4v) is 2.67. The minimum atomic E-state index is -0.333. The molecule has 2 N–H and O–H groups in total. The number of nitrogens with zero attached hydrogens (tertiary/aromatic N) is 3. The summed E-state index contributed by atoms with van der Waals surface area (Å²) in [5, 5.41) is 0. The maximum Gasteiger partial charge on any atom is 0.346 e. The molecule has 2 aliphatic heterocycles. The van der Waals surface area contributed by atoms with Crippen LogP contribution in [0.1, 0.15) is 20.3 Å². The molecule has 84 valence electrons. The number of hydrogen-bond acceptors (Lipinski definition) is 3. The first kappa shape index (κ1) is 10.4. The molecule has 2 heterocycles. The number of likely N-dealkylation sites (tertiary alicyclic amines) is 1. The van der Waals surface area contributed by atoms with E-state index in [9.17, 15) is 4.79 Å². The number of hydrogen-bond donors (Lipinski definition) is 1. The van der Waals surface area contributed by atoms with E-state index in [0.29, 0.717) is 5.84 Å². The molecule has 0 aliphatic carbocycles. The molecule has 1 spiro atoms. The van der Waals surface area contributed by atoms with Crippen molar-refractivity contribution in [3.63, 3.8) is 0 Å². The maximum atomic E-state index is 11.7. The van der Waals surface area contributed by atoms with Gasteiger partial charge in [-0.1, -0.05) is 0 Å². The molecule has 1 saturated heterocycles. The van der Waals surface area contributed by atoms with Gasteiger partial charge in [0.05, 0.1) is 0 Å². The highest BCUT2D eigenvalue weighted by atomic mass is 16.2. The summed E-state index contributed by atoms with van der Waals surface area (Å²) in [7, 11) is 2.04. The summed E-state index contributed by atoms with van der Waals surface area (Å²) in [6.07, 6.45) is 0.892. The normalized spacial score (nSPS) is 32.1. The van der Waals surface area contributed by atoms with E-state index in [0.717, 1.165) is 19.5 Å². The summed E-state index contributed by atoms with van der Waals surface area (Å²) >= 11 is 0. The molecular formula is C10H18N4O. The minimum absolute atomic E-state index is 0.147. The third kappa shape index (κ3) is 1.33. The van der Waals surface area contributed by atoms with Crippen LogP contribution in [0.15, 0.2) is 4.99 Å². The van der Waals surface area contributed by atoms with Gasteiger partial charge < -0.3 is 15.5 Å². The van der Waals surface area contributed by atoms with Crippen molar-refractivity contribution in [2.24, 2.45) is 10.7 Å². The molecule has 0 aromatic heterocycles. The number of likely N-dealkylation sites (N-methyl/N-ethyl adjacent to an activating group) is 1. The van der Waals surface area contributed by atoms with E-state index in [-0.39, 0.29) is 17.6 Å². The van der Waals surface area contributed by atoms with Crippen LogP contribution in [0.3, 0.4) is 0 Å². The van der Waals surface area contributed by atoms with Gasteiger partial charge in [-0.2, -0.15) is 4.99 Å². The summed E-state index contributed by atoms with van der Waals surface area (Å²) < 4.78 is 0. The van der Waals surface area contributed by atoms with Crippen molar-refractivity contribution < 1.29 is 4.79 Å². The van der Waals surface area contributed by atoms with E-state index >= 15 is 0 Å². The van der Waals surface area contributed by atoms with Gasteiger partial charge in [0, 0.05) is 19.1 Å². The van der Waals surface area contributed by atoms with Crippen molar-refractivity contribution in [2.75, 3.05) is 20.1 Å². The third-order valence-corrected chi connectivity index (χ3v) is 3.32. The highest BCUT2D eigenvalue weighted by molar-refractivity contribution is 6.06. The van der Waals surface area contributed by atoms with Gasteiger partial charge in [0.2, 0.25) is 0 Å². The number of amidine groups is 1. The van der Waals surface area contributed by atoms with Gasteiger partial charge in [0.25, 0.3) is 0 Å². The number of rotatable bonds is 1. The Kier molecular flexibility index (Phi) is 2.22. The monoisotopic (exact) mass is 210 g/mol. The van der Waals surface area contributed by atoms with Crippen LogP contribution in [0.2, 0.25) is 0 Å².